The van der Waals surface area contributed by atoms with Gasteiger partial charge in [-0.25, -0.2) is 0 Å². The van der Waals surface area contributed by atoms with Gasteiger partial charge in [0.15, 0.2) is 17.6 Å². The Morgan fingerprint density at radius 1 is 1.46 bits per heavy atom. The summed E-state index contributed by atoms with van der Waals surface area (Å²) < 4.78 is 13.3. The van der Waals surface area contributed by atoms with Crippen LogP contribution in [0.1, 0.15) is 11.6 Å². The van der Waals surface area contributed by atoms with Crippen molar-refractivity contribution in [2.24, 2.45) is 7.05 Å². The van der Waals surface area contributed by atoms with Gasteiger partial charge in [-0.2, -0.15) is 5.10 Å². The van der Waals surface area contributed by atoms with Crippen LogP contribution < -0.4 is 14.8 Å². The molecule has 24 heavy (non-hydrogen) atoms. The van der Waals surface area contributed by atoms with Crippen molar-refractivity contribution in [1.82, 2.24) is 20.0 Å². The molecule has 3 rings (SSSR count). The zero-order valence-electron chi connectivity index (χ0n) is 14.1. The van der Waals surface area contributed by atoms with E-state index in [9.17, 15) is 4.79 Å². The lowest BCUT2D eigenvalue weighted by molar-refractivity contribution is -0.133. The molecule has 1 aromatic carbocycles. The van der Waals surface area contributed by atoms with E-state index in [1.807, 2.05) is 37.5 Å². The van der Waals surface area contributed by atoms with E-state index in [-0.39, 0.29) is 12.0 Å². The maximum absolute atomic E-state index is 12.7. The minimum absolute atomic E-state index is 0.0343. The highest BCUT2D eigenvalue weighted by atomic mass is 16.6. The average Bonchev–Trinajstić information content (AvgIpc) is 3.01. The fourth-order valence-corrected chi connectivity index (χ4v) is 2.79. The third kappa shape index (κ3) is 3.35. The number of rotatable bonds is 5. The average molecular weight is 330 g/mol. The second-order valence-corrected chi connectivity index (χ2v) is 5.89. The van der Waals surface area contributed by atoms with Crippen LogP contribution in [0.2, 0.25) is 0 Å². The molecule has 0 saturated carbocycles. The normalized spacial score (nSPS) is 17.4. The molecule has 2 aromatic rings. The van der Waals surface area contributed by atoms with E-state index in [1.165, 1.54) is 0 Å². The number of benzene rings is 1. The number of aromatic nitrogens is 2. The number of carbonyl (C=O) groups excluding carboxylic acids is 1. The van der Waals surface area contributed by atoms with E-state index >= 15 is 0 Å². The summed E-state index contributed by atoms with van der Waals surface area (Å²) in [5, 5.41) is 7.18. The van der Waals surface area contributed by atoms with Gasteiger partial charge < -0.3 is 19.7 Å². The molecule has 0 saturated heterocycles. The summed E-state index contributed by atoms with van der Waals surface area (Å²) in [6.07, 6.45) is 3.34. The topological polar surface area (TPSA) is 68.6 Å². The third-order valence-corrected chi connectivity index (χ3v) is 4.02. The van der Waals surface area contributed by atoms with Crippen LogP contribution in [-0.4, -0.2) is 53.9 Å². The van der Waals surface area contributed by atoms with Crippen LogP contribution in [0, 0.1) is 0 Å². The summed E-state index contributed by atoms with van der Waals surface area (Å²) in [6.45, 7) is 0.872. The number of nitrogens with one attached hydrogen (secondary N) is 1. The fraction of sp³-hybridized carbons (Fsp3) is 0.412. The minimum Gasteiger partial charge on any atom is -0.486 e. The Kier molecular flexibility index (Phi) is 4.71. The molecule has 7 nitrogen and oxygen atoms in total. The Morgan fingerprint density at radius 3 is 2.88 bits per heavy atom. The molecule has 1 aliphatic rings. The highest BCUT2D eigenvalue weighted by Crippen LogP contribution is 2.31. The van der Waals surface area contributed by atoms with Gasteiger partial charge in [-0.3, -0.25) is 9.48 Å². The van der Waals surface area contributed by atoms with E-state index < -0.39 is 6.04 Å². The Bertz CT molecular complexity index is 715. The Labute approximate surface area is 141 Å². The molecule has 2 unspecified atom stereocenters. The van der Waals surface area contributed by atoms with E-state index in [4.69, 9.17) is 9.47 Å². The molecule has 0 spiro atoms. The summed E-state index contributed by atoms with van der Waals surface area (Å²) in [6, 6.07) is 7.12. The number of fused-ring (bicyclic) bond motifs is 1. The number of nitrogens with zero attached hydrogens (tertiary/aromatic N) is 3. The quantitative estimate of drug-likeness (QED) is 0.885. The summed E-state index contributed by atoms with van der Waals surface area (Å²) in [5.41, 5.74) is 0.836. The molecular weight excluding hydrogens is 308 g/mol. The van der Waals surface area contributed by atoms with Crippen molar-refractivity contribution in [3.05, 3.63) is 42.2 Å². The molecule has 0 aliphatic carbocycles. The van der Waals surface area contributed by atoms with Crippen molar-refractivity contribution in [2.45, 2.75) is 12.1 Å². The van der Waals surface area contributed by atoms with Crippen molar-refractivity contribution < 1.29 is 14.3 Å². The van der Waals surface area contributed by atoms with Crippen LogP contribution in [-0.2, 0) is 11.8 Å². The van der Waals surface area contributed by atoms with E-state index in [0.29, 0.717) is 18.9 Å². The molecule has 1 N–H and O–H groups in total. The molecule has 0 bridgehead atoms. The minimum atomic E-state index is -0.430. The van der Waals surface area contributed by atoms with Gasteiger partial charge in [0.25, 0.3) is 0 Å². The SMILES string of the molecule is CNC(C(=O)N(C)CC1COc2ccccc2O1)c1cnn(C)c1. The van der Waals surface area contributed by atoms with E-state index in [2.05, 4.69) is 10.4 Å². The number of hydrogen-bond acceptors (Lipinski definition) is 5. The lowest BCUT2D eigenvalue weighted by Crippen LogP contribution is -2.45. The number of ether oxygens (including phenoxy) is 2. The van der Waals surface area contributed by atoms with Gasteiger partial charge in [0.05, 0.1) is 12.7 Å². The first kappa shape index (κ1) is 16.3. The predicted octanol–water partition coefficient (Wildman–Crippen LogP) is 0.979. The molecule has 2 heterocycles. The number of aryl methyl sites for hydroxylation is 1. The van der Waals surface area contributed by atoms with E-state index in [1.54, 1.807) is 29.9 Å². The standard InChI is InChI=1S/C17H22N4O3/c1-18-16(12-8-19-21(3)9-12)17(22)20(2)10-13-11-23-14-6-4-5-7-15(14)24-13/h4-9,13,16,18H,10-11H2,1-3H3. The lowest BCUT2D eigenvalue weighted by atomic mass is 10.1. The molecule has 1 aliphatic heterocycles. The van der Waals surface area contributed by atoms with Crippen molar-refractivity contribution in [3.63, 3.8) is 0 Å². The smallest absolute Gasteiger partial charge is 0.244 e. The monoisotopic (exact) mass is 330 g/mol. The second-order valence-electron chi connectivity index (χ2n) is 5.89. The first-order valence-corrected chi connectivity index (χ1v) is 7.87. The van der Waals surface area contributed by atoms with Crippen molar-refractivity contribution in [2.75, 3.05) is 27.2 Å². The summed E-state index contributed by atoms with van der Waals surface area (Å²) >= 11 is 0. The first-order chi connectivity index (χ1) is 11.6. The van der Waals surface area contributed by atoms with Crippen LogP contribution in [0.5, 0.6) is 11.5 Å². The molecular formula is C17H22N4O3. The molecule has 1 aromatic heterocycles. The van der Waals surface area contributed by atoms with Gasteiger partial charge in [0.2, 0.25) is 5.91 Å². The molecule has 0 radical (unpaired) electrons. The van der Waals surface area contributed by atoms with Gasteiger partial charge in [-0.1, -0.05) is 12.1 Å². The van der Waals surface area contributed by atoms with Gasteiger partial charge in [-0.15, -0.1) is 0 Å². The summed E-state index contributed by atoms with van der Waals surface area (Å²) in [5.74, 6) is 1.42. The summed E-state index contributed by atoms with van der Waals surface area (Å²) in [7, 11) is 5.36. The van der Waals surface area contributed by atoms with Gasteiger partial charge in [-0.05, 0) is 19.2 Å². The van der Waals surface area contributed by atoms with E-state index in [0.717, 1.165) is 11.3 Å². The number of amides is 1. The van der Waals surface area contributed by atoms with Crippen molar-refractivity contribution >= 4 is 5.91 Å². The van der Waals surface area contributed by atoms with Crippen LogP contribution in [0.3, 0.4) is 0 Å². The summed E-state index contributed by atoms with van der Waals surface area (Å²) in [4.78, 5) is 14.4. The molecule has 7 heteroatoms. The number of carbonyl (C=O) groups is 1. The Balaban J connectivity index is 1.64. The van der Waals surface area contributed by atoms with Crippen molar-refractivity contribution in [1.29, 1.82) is 0 Å². The molecule has 128 valence electrons. The molecule has 0 fully saturated rings. The number of para-hydroxylation sites is 2. The third-order valence-electron chi connectivity index (χ3n) is 4.02. The predicted molar refractivity (Wildman–Crippen MR) is 89.0 cm³/mol. The maximum atomic E-state index is 12.7. The Hall–Kier alpha value is -2.54. The van der Waals surface area contributed by atoms with Gasteiger partial charge in [0.1, 0.15) is 12.6 Å². The second kappa shape index (κ2) is 6.92. The zero-order valence-corrected chi connectivity index (χ0v) is 14.1. The van der Waals surface area contributed by atoms with Gasteiger partial charge in [0, 0.05) is 25.9 Å². The zero-order chi connectivity index (χ0) is 17.1. The van der Waals surface area contributed by atoms with Gasteiger partial charge >= 0.3 is 0 Å². The highest BCUT2D eigenvalue weighted by molar-refractivity contribution is 5.83. The van der Waals surface area contributed by atoms with Crippen LogP contribution in [0.15, 0.2) is 36.7 Å². The molecule has 2 atom stereocenters. The van der Waals surface area contributed by atoms with Crippen LogP contribution in [0.4, 0.5) is 0 Å². The number of likely N-dealkylation sites (N-methyl/N-ethyl adjacent to an activating group) is 2. The largest absolute Gasteiger partial charge is 0.486 e. The van der Waals surface area contributed by atoms with Crippen LogP contribution in [0.25, 0.3) is 0 Å². The first-order valence-electron chi connectivity index (χ1n) is 7.87. The maximum Gasteiger partial charge on any atom is 0.244 e. The Morgan fingerprint density at radius 2 is 2.21 bits per heavy atom. The highest BCUT2D eigenvalue weighted by Gasteiger charge is 2.28. The lowest BCUT2D eigenvalue weighted by Gasteiger charge is -2.31. The molecule has 1 amide bonds. The van der Waals surface area contributed by atoms with Crippen molar-refractivity contribution in [3.8, 4) is 11.5 Å². The van der Waals surface area contributed by atoms with Crippen LogP contribution >= 0.6 is 0 Å². The number of hydrogen-bond donors (Lipinski definition) is 1. The fourth-order valence-electron chi connectivity index (χ4n) is 2.79.